The molecule has 8 N–H and O–H groups in total. The van der Waals surface area contributed by atoms with Gasteiger partial charge in [-0.15, -0.1) is 0 Å². The van der Waals surface area contributed by atoms with Gasteiger partial charge in [0, 0.05) is 33.5 Å². The maximum absolute atomic E-state index is 12.2. The van der Waals surface area contributed by atoms with E-state index in [2.05, 4.69) is 0 Å². The van der Waals surface area contributed by atoms with E-state index in [1.807, 2.05) is 24.3 Å². The van der Waals surface area contributed by atoms with Crippen molar-refractivity contribution in [1.82, 2.24) is 0 Å². The first kappa shape index (κ1) is 25.6. The quantitative estimate of drug-likeness (QED) is 0.145. The van der Waals surface area contributed by atoms with Gasteiger partial charge < -0.3 is 32.4 Å². The first-order valence-electron chi connectivity index (χ1n) is 11.6. The Morgan fingerprint density at radius 2 is 0.921 bits per heavy atom. The SMILES string of the molecule is Nc1ccc(C(=O)Oc2ccc(N)c3ccccc23)cc1.Nc1ccc(OC(=O)c2ccc(N)cc2)cc1. The average molecular weight is 507 g/mol. The van der Waals surface area contributed by atoms with Gasteiger partial charge in [-0.2, -0.15) is 0 Å². The molecular weight excluding hydrogens is 480 g/mol. The lowest BCUT2D eigenvalue weighted by Crippen LogP contribution is -2.09. The molecule has 0 spiro atoms. The molecule has 190 valence electrons. The Labute approximate surface area is 219 Å². The number of hydrogen-bond acceptors (Lipinski definition) is 8. The molecule has 0 aliphatic heterocycles. The highest BCUT2D eigenvalue weighted by molar-refractivity contribution is 6.00. The van der Waals surface area contributed by atoms with E-state index in [1.54, 1.807) is 84.9 Å². The van der Waals surface area contributed by atoms with Crippen molar-refractivity contribution in [3.63, 3.8) is 0 Å². The number of carbonyl (C=O) groups is 2. The minimum Gasteiger partial charge on any atom is -0.423 e. The van der Waals surface area contributed by atoms with Gasteiger partial charge in [0.1, 0.15) is 11.5 Å². The standard InChI is InChI=1S/C17H14N2O2.C13H12N2O2/c18-12-7-5-11(6-8-12)17(20)21-16-10-9-15(19)13-3-1-2-4-14(13)16;14-10-3-1-9(2-4-10)13(16)17-12-7-5-11(15)6-8-12/h1-10H,18-19H2;1-8H,14-15H2. The van der Waals surface area contributed by atoms with Crippen molar-refractivity contribution in [3.05, 3.63) is 120 Å². The van der Waals surface area contributed by atoms with E-state index in [1.165, 1.54) is 0 Å². The van der Waals surface area contributed by atoms with Crippen LogP contribution in [0.5, 0.6) is 11.5 Å². The van der Waals surface area contributed by atoms with E-state index in [9.17, 15) is 9.59 Å². The van der Waals surface area contributed by atoms with Crippen molar-refractivity contribution in [2.24, 2.45) is 0 Å². The van der Waals surface area contributed by atoms with Crippen LogP contribution in [-0.4, -0.2) is 11.9 Å². The summed E-state index contributed by atoms with van der Waals surface area (Å²) in [6.07, 6.45) is 0. The fourth-order valence-electron chi connectivity index (χ4n) is 3.48. The number of benzene rings is 5. The monoisotopic (exact) mass is 506 g/mol. The lowest BCUT2D eigenvalue weighted by Gasteiger charge is -2.09. The maximum atomic E-state index is 12.2. The van der Waals surface area contributed by atoms with Crippen molar-refractivity contribution in [3.8, 4) is 11.5 Å². The minimum atomic E-state index is -0.426. The van der Waals surface area contributed by atoms with Crippen LogP contribution in [-0.2, 0) is 0 Å². The molecule has 0 aliphatic carbocycles. The number of fused-ring (bicyclic) bond motifs is 1. The van der Waals surface area contributed by atoms with Gasteiger partial charge in [0.15, 0.2) is 0 Å². The second-order valence-electron chi connectivity index (χ2n) is 8.29. The van der Waals surface area contributed by atoms with Crippen LogP contribution in [0.3, 0.4) is 0 Å². The Morgan fingerprint density at radius 3 is 1.45 bits per heavy atom. The molecule has 5 aromatic carbocycles. The van der Waals surface area contributed by atoms with Gasteiger partial charge in [-0.25, -0.2) is 9.59 Å². The number of esters is 2. The molecule has 38 heavy (non-hydrogen) atoms. The number of anilines is 4. The maximum Gasteiger partial charge on any atom is 0.343 e. The highest BCUT2D eigenvalue weighted by Gasteiger charge is 2.12. The van der Waals surface area contributed by atoms with E-state index >= 15 is 0 Å². The summed E-state index contributed by atoms with van der Waals surface area (Å²) < 4.78 is 10.6. The van der Waals surface area contributed by atoms with Crippen molar-refractivity contribution >= 4 is 45.5 Å². The van der Waals surface area contributed by atoms with Crippen LogP contribution in [0.2, 0.25) is 0 Å². The lowest BCUT2D eigenvalue weighted by molar-refractivity contribution is 0.0726. The second kappa shape index (κ2) is 11.5. The molecule has 0 saturated heterocycles. The molecule has 8 heteroatoms. The topological polar surface area (TPSA) is 157 Å². The third-order valence-corrected chi connectivity index (χ3v) is 5.50. The molecule has 0 bridgehead atoms. The highest BCUT2D eigenvalue weighted by atomic mass is 16.5. The molecule has 0 amide bonds. The first-order chi connectivity index (χ1) is 18.3. The number of carbonyl (C=O) groups excluding carboxylic acids is 2. The van der Waals surface area contributed by atoms with Crippen LogP contribution in [0.1, 0.15) is 20.7 Å². The fraction of sp³-hybridized carbons (Fsp3) is 0. The predicted octanol–water partition coefficient (Wildman–Crippen LogP) is 5.29. The lowest BCUT2D eigenvalue weighted by atomic mass is 10.1. The van der Waals surface area contributed by atoms with E-state index in [0.717, 1.165) is 10.8 Å². The third-order valence-electron chi connectivity index (χ3n) is 5.50. The zero-order valence-corrected chi connectivity index (χ0v) is 20.3. The average Bonchev–Trinajstić information content (AvgIpc) is 2.93. The van der Waals surface area contributed by atoms with Crippen molar-refractivity contribution in [2.75, 3.05) is 22.9 Å². The van der Waals surface area contributed by atoms with Gasteiger partial charge in [-0.3, -0.25) is 0 Å². The van der Waals surface area contributed by atoms with E-state index < -0.39 is 11.9 Å². The Hall–Kier alpha value is -5.50. The zero-order chi connectivity index (χ0) is 27.1. The van der Waals surface area contributed by atoms with Crippen LogP contribution in [0.4, 0.5) is 22.7 Å². The van der Waals surface area contributed by atoms with Crippen LogP contribution in [0.15, 0.2) is 109 Å². The molecule has 0 saturated carbocycles. The molecule has 0 heterocycles. The molecule has 0 aliphatic rings. The molecule has 0 atom stereocenters. The molecule has 5 rings (SSSR count). The van der Waals surface area contributed by atoms with Crippen LogP contribution >= 0.6 is 0 Å². The summed E-state index contributed by atoms with van der Waals surface area (Å²) in [6, 6.07) is 30.7. The van der Waals surface area contributed by atoms with Crippen LogP contribution in [0.25, 0.3) is 10.8 Å². The third kappa shape index (κ3) is 6.38. The number of ether oxygens (including phenoxy) is 2. The smallest absolute Gasteiger partial charge is 0.343 e. The summed E-state index contributed by atoms with van der Waals surface area (Å²) in [4.78, 5) is 23.9. The van der Waals surface area contributed by atoms with E-state index in [-0.39, 0.29) is 0 Å². The van der Waals surface area contributed by atoms with Crippen molar-refractivity contribution in [2.45, 2.75) is 0 Å². The summed E-state index contributed by atoms with van der Waals surface area (Å²) in [6.45, 7) is 0. The first-order valence-corrected chi connectivity index (χ1v) is 11.6. The summed E-state index contributed by atoms with van der Waals surface area (Å²) in [5.41, 5.74) is 26.0. The van der Waals surface area contributed by atoms with Crippen LogP contribution < -0.4 is 32.4 Å². The molecule has 0 radical (unpaired) electrons. The molecule has 0 unspecified atom stereocenters. The Kier molecular flexibility index (Phi) is 7.74. The Bertz CT molecular complexity index is 1570. The molecule has 5 aromatic rings. The van der Waals surface area contributed by atoms with E-state index in [4.69, 9.17) is 32.4 Å². The Morgan fingerprint density at radius 1 is 0.474 bits per heavy atom. The fourth-order valence-corrected chi connectivity index (χ4v) is 3.48. The number of rotatable bonds is 4. The summed E-state index contributed by atoms with van der Waals surface area (Å²) >= 11 is 0. The number of nitrogens with two attached hydrogens (primary N) is 4. The normalized spacial score (nSPS) is 10.2. The van der Waals surface area contributed by atoms with Crippen molar-refractivity contribution < 1.29 is 19.1 Å². The number of nitrogen functional groups attached to an aromatic ring is 4. The molecule has 0 fully saturated rings. The summed E-state index contributed by atoms with van der Waals surface area (Å²) in [5.74, 6) is 0.0994. The Balaban J connectivity index is 0.000000181. The van der Waals surface area contributed by atoms with Gasteiger partial charge in [0.05, 0.1) is 11.1 Å². The zero-order valence-electron chi connectivity index (χ0n) is 20.3. The minimum absolute atomic E-state index is 0.422. The largest absolute Gasteiger partial charge is 0.423 e. The van der Waals surface area contributed by atoms with Gasteiger partial charge in [-0.1, -0.05) is 24.3 Å². The summed E-state index contributed by atoms with van der Waals surface area (Å²) in [7, 11) is 0. The second-order valence-corrected chi connectivity index (χ2v) is 8.29. The predicted molar refractivity (Wildman–Crippen MR) is 151 cm³/mol. The van der Waals surface area contributed by atoms with Gasteiger partial charge >= 0.3 is 11.9 Å². The number of hydrogen-bond donors (Lipinski definition) is 4. The van der Waals surface area contributed by atoms with Gasteiger partial charge in [0.25, 0.3) is 0 Å². The highest BCUT2D eigenvalue weighted by Crippen LogP contribution is 2.30. The summed E-state index contributed by atoms with van der Waals surface area (Å²) in [5, 5.41) is 1.67. The molecule has 8 nitrogen and oxygen atoms in total. The molecular formula is C30H26N4O4. The van der Waals surface area contributed by atoms with Crippen molar-refractivity contribution in [1.29, 1.82) is 0 Å². The van der Waals surface area contributed by atoms with Gasteiger partial charge in [-0.05, 0) is 84.9 Å². The molecule has 0 aromatic heterocycles. The van der Waals surface area contributed by atoms with E-state index in [0.29, 0.717) is 45.4 Å². The van der Waals surface area contributed by atoms with Gasteiger partial charge in [0.2, 0.25) is 0 Å². The van der Waals surface area contributed by atoms with Crippen LogP contribution in [0, 0.1) is 0 Å².